The number of nitrogens with one attached hydrogen (secondary N) is 1. The molecule has 0 aliphatic carbocycles. The highest BCUT2D eigenvalue weighted by molar-refractivity contribution is 7.92. The second kappa shape index (κ2) is 9.70. The number of nitro groups is 1. The number of anilines is 1. The van der Waals surface area contributed by atoms with E-state index >= 15 is 0 Å². The van der Waals surface area contributed by atoms with E-state index in [4.69, 9.17) is 4.74 Å². The van der Waals surface area contributed by atoms with Gasteiger partial charge in [-0.1, -0.05) is 18.2 Å². The topological polar surface area (TPSA) is 119 Å². The summed E-state index contributed by atoms with van der Waals surface area (Å²) in [5.41, 5.74) is 1.63. The average Bonchev–Trinajstić information content (AvgIpc) is 2.79. The molecule has 3 rings (SSSR count). The van der Waals surface area contributed by atoms with Gasteiger partial charge >= 0.3 is 0 Å². The Balaban J connectivity index is 1.70. The Morgan fingerprint density at radius 1 is 1.06 bits per heavy atom. The predicted molar refractivity (Wildman–Crippen MR) is 124 cm³/mol. The van der Waals surface area contributed by atoms with Crippen LogP contribution in [-0.2, 0) is 16.6 Å². The molecule has 1 amide bonds. The van der Waals surface area contributed by atoms with Crippen molar-refractivity contribution in [2.24, 2.45) is 0 Å². The summed E-state index contributed by atoms with van der Waals surface area (Å²) in [6.07, 6.45) is 0. The Morgan fingerprint density at radius 2 is 1.70 bits per heavy atom. The second-order valence-electron chi connectivity index (χ2n) is 7.40. The summed E-state index contributed by atoms with van der Waals surface area (Å²) in [6, 6.07) is 17.0. The van der Waals surface area contributed by atoms with Crippen LogP contribution in [0, 0.1) is 17.0 Å². The van der Waals surface area contributed by atoms with Gasteiger partial charge in [0.2, 0.25) is 0 Å². The SMILES string of the molecule is COc1ccc(CN(C)C(=O)c2ccc(NS(=O)(=O)c3ccc(C)c([N+](=O)[O-])c3)cc2)cc1. The lowest BCUT2D eigenvalue weighted by atomic mass is 10.1. The molecule has 0 bridgehead atoms. The number of carbonyl (C=O) groups excluding carboxylic acids is 1. The number of sulfonamides is 1. The number of carbonyl (C=O) groups is 1. The van der Waals surface area contributed by atoms with E-state index in [9.17, 15) is 23.3 Å². The largest absolute Gasteiger partial charge is 0.497 e. The summed E-state index contributed by atoms with van der Waals surface area (Å²) < 4.78 is 32.8. The zero-order valence-electron chi connectivity index (χ0n) is 18.3. The fourth-order valence-electron chi connectivity index (χ4n) is 3.14. The van der Waals surface area contributed by atoms with Crippen molar-refractivity contribution < 1.29 is 22.9 Å². The van der Waals surface area contributed by atoms with Crippen molar-refractivity contribution in [1.29, 1.82) is 0 Å². The van der Waals surface area contributed by atoms with Gasteiger partial charge in [0.05, 0.1) is 16.9 Å². The summed E-state index contributed by atoms with van der Waals surface area (Å²) in [6.45, 7) is 1.92. The Hall–Kier alpha value is -3.92. The van der Waals surface area contributed by atoms with Crippen molar-refractivity contribution in [2.45, 2.75) is 18.4 Å². The molecule has 0 unspecified atom stereocenters. The minimum Gasteiger partial charge on any atom is -0.497 e. The van der Waals surface area contributed by atoms with Crippen LogP contribution in [0.2, 0.25) is 0 Å². The zero-order chi connectivity index (χ0) is 24.2. The number of nitrogens with zero attached hydrogens (tertiary/aromatic N) is 2. The molecule has 3 aromatic rings. The Labute approximate surface area is 191 Å². The van der Waals surface area contributed by atoms with Gasteiger partial charge in [0.25, 0.3) is 21.6 Å². The van der Waals surface area contributed by atoms with Crippen LogP contribution in [0.4, 0.5) is 11.4 Å². The fourth-order valence-corrected chi connectivity index (χ4v) is 4.22. The number of aryl methyl sites for hydroxylation is 1. The predicted octanol–water partition coefficient (Wildman–Crippen LogP) is 3.98. The minimum atomic E-state index is -4.04. The first-order valence-corrected chi connectivity index (χ1v) is 11.4. The Bertz CT molecular complexity index is 1270. The number of methoxy groups -OCH3 is 1. The van der Waals surface area contributed by atoms with Gasteiger partial charge in [-0.15, -0.1) is 0 Å². The summed E-state index contributed by atoms with van der Waals surface area (Å²) in [5, 5.41) is 11.1. The highest BCUT2D eigenvalue weighted by Crippen LogP contribution is 2.24. The number of ether oxygens (including phenoxy) is 1. The first kappa shape index (κ1) is 23.7. The van der Waals surface area contributed by atoms with Crippen molar-refractivity contribution >= 4 is 27.3 Å². The summed E-state index contributed by atoms with van der Waals surface area (Å²) in [5.74, 6) is 0.500. The molecule has 172 valence electrons. The fraction of sp³-hybridized carbons (Fsp3) is 0.174. The number of amides is 1. The molecule has 0 saturated heterocycles. The number of hydrogen-bond acceptors (Lipinski definition) is 6. The van der Waals surface area contributed by atoms with Crippen LogP contribution >= 0.6 is 0 Å². The molecule has 0 saturated carbocycles. The molecule has 0 heterocycles. The van der Waals surface area contributed by atoms with Gasteiger partial charge in [-0.05, 0) is 55.0 Å². The van der Waals surface area contributed by atoms with Crippen molar-refractivity contribution in [2.75, 3.05) is 18.9 Å². The van der Waals surface area contributed by atoms with Crippen molar-refractivity contribution in [3.8, 4) is 5.75 Å². The first-order valence-electron chi connectivity index (χ1n) is 9.87. The lowest BCUT2D eigenvalue weighted by molar-refractivity contribution is -0.385. The van der Waals surface area contributed by atoms with Crippen LogP contribution in [0.5, 0.6) is 5.75 Å². The Kier molecular flexibility index (Phi) is 6.98. The van der Waals surface area contributed by atoms with Crippen LogP contribution in [0.15, 0.2) is 71.6 Å². The van der Waals surface area contributed by atoms with E-state index in [2.05, 4.69) is 4.72 Å². The number of hydrogen-bond donors (Lipinski definition) is 1. The van der Waals surface area contributed by atoms with Gasteiger partial charge in [0.1, 0.15) is 5.75 Å². The van der Waals surface area contributed by atoms with Gasteiger partial charge in [0, 0.05) is 36.5 Å². The van der Waals surface area contributed by atoms with Crippen LogP contribution in [-0.4, -0.2) is 38.3 Å². The molecule has 33 heavy (non-hydrogen) atoms. The van der Waals surface area contributed by atoms with E-state index in [1.54, 1.807) is 19.1 Å². The molecule has 0 atom stereocenters. The molecule has 0 spiro atoms. The van der Waals surface area contributed by atoms with E-state index < -0.39 is 14.9 Å². The molecule has 10 heteroatoms. The molecule has 0 aliphatic rings. The monoisotopic (exact) mass is 469 g/mol. The van der Waals surface area contributed by atoms with E-state index in [0.29, 0.717) is 17.7 Å². The minimum absolute atomic E-state index is 0.223. The lowest BCUT2D eigenvalue weighted by Crippen LogP contribution is -2.26. The van der Waals surface area contributed by atoms with Crippen LogP contribution < -0.4 is 9.46 Å². The third-order valence-electron chi connectivity index (χ3n) is 5.00. The summed E-state index contributed by atoms with van der Waals surface area (Å²) >= 11 is 0. The first-order chi connectivity index (χ1) is 15.6. The second-order valence-corrected chi connectivity index (χ2v) is 9.08. The zero-order valence-corrected chi connectivity index (χ0v) is 19.1. The summed E-state index contributed by atoms with van der Waals surface area (Å²) in [4.78, 5) is 24.5. The average molecular weight is 470 g/mol. The molecule has 9 nitrogen and oxygen atoms in total. The van der Waals surface area contributed by atoms with E-state index in [1.165, 1.54) is 43.3 Å². The number of nitro benzene ring substituents is 1. The van der Waals surface area contributed by atoms with Gasteiger partial charge < -0.3 is 9.64 Å². The van der Waals surface area contributed by atoms with Gasteiger partial charge in [-0.2, -0.15) is 0 Å². The molecule has 3 aromatic carbocycles. The Morgan fingerprint density at radius 3 is 2.27 bits per heavy atom. The van der Waals surface area contributed by atoms with Crippen molar-refractivity contribution in [3.63, 3.8) is 0 Å². The number of benzene rings is 3. The molecular weight excluding hydrogens is 446 g/mol. The van der Waals surface area contributed by atoms with Crippen molar-refractivity contribution in [1.82, 2.24) is 4.90 Å². The van der Waals surface area contributed by atoms with Crippen LogP contribution in [0.25, 0.3) is 0 Å². The standard InChI is InChI=1S/C23H23N3O6S/c1-16-4-13-21(14-22(16)26(28)29)33(30,31)24-19-9-7-18(8-10-19)23(27)25(2)15-17-5-11-20(32-3)12-6-17/h4-14,24H,15H2,1-3H3. The van der Waals surface area contributed by atoms with Gasteiger partial charge in [-0.3, -0.25) is 19.6 Å². The van der Waals surface area contributed by atoms with Gasteiger partial charge in [-0.25, -0.2) is 8.42 Å². The maximum Gasteiger partial charge on any atom is 0.273 e. The smallest absolute Gasteiger partial charge is 0.273 e. The van der Waals surface area contributed by atoms with E-state index in [1.807, 2.05) is 24.3 Å². The molecule has 0 aliphatic heterocycles. The molecule has 0 aromatic heterocycles. The van der Waals surface area contributed by atoms with Crippen LogP contribution in [0.1, 0.15) is 21.5 Å². The highest BCUT2D eigenvalue weighted by Gasteiger charge is 2.20. The molecule has 0 radical (unpaired) electrons. The van der Waals surface area contributed by atoms with Crippen LogP contribution in [0.3, 0.4) is 0 Å². The van der Waals surface area contributed by atoms with Crippen molar-refractivity contribution in [3.05, 3.63) is 93.5 Å². The van der Waals surface area contributed by atoms with Gasteiger partial charge in [0.15, 0.2) is 0 Å². The quantitative estimate of drug-likeness (QED) is 0.394. The van der Waals surface area contributed by atoms with E-state index in [-0.39, 0.29) is 22.2 Å². The molecule has 1 N–H and O–H groups in total. The molecular formula is C23H23N3O6S. The number of rotatable bonds is 8. The third-order valence-corrected chi connectivity index (χ3v) is 6.38. The maximum absolute atomic E-state index is 12.7. The summed E-state index contributed by atoms with van der Waals surface area (Å²) in [7, 11) is -0.786. The highest BCUT2D eigenvalue weighted by atomic mass is 32.2. The maximum atomic E-state index is 12.7. The molecule has 0 fully saturated rings. The lowest BCUT2D eigenvalue weighted by Gasteiger charge is -2.18. The normalized spacial score (nSPS) is 11.0. The van der Waals surface area contributed by atoms with E-state index in [0.717, 1.165) is 17.4 Å². The third kappa shape index (κ3) is 5.66.